The van der Waals surface area contributed by atoms with Gasteiger partial charge in [-0.05, 0) is 47.8 Å². The van der Waals surface area contributed by atoms with Gasteiger partial charge in [-0.2, -0.15) is 0 Å². The highest BCUT2D eigenvalue weighted by atomic mass is 79.9. The fourth-order valence-electron chi connectivity index (χ4n) is 2.21. The number of rotatable bonds is 5. The maximum Gasteiger partial charge on any atom is 0.295 e. The summed E-state index contributed by atoms with van der Waals surface area (Å²) in [5, 5.41) is 17.2. The van der Waals surface area contributed by atoms with E-state index in [2.05, 4.69) is 26.6 Å². The maximum atomic E-state index is 13.3. The Hall–Kier alpha value is -1.21. The predicted molar refractivity (Wildman–Crippen MR) is 74.9 cm³/mol. The Morgan fingerprint density at radius 1 is 1.58 bits per heavy atom. The molecule has 1 saturated heterocycles. The lowest BCUT2D eigenvalue weighted by atomic mass is 10.1. The van der Waals surface area contributed by atoms with E-state index in [9.17, 15) is 14.5 Å². The van der Waals surface area contributed by atoms with Crippen LogP contribution in [0.1, 0.15) is 19.3 Å². The summed E-state index contributed by atoms with van der Waals surface area (Å²) in [5.74, 6) is -0.630. The van der Waals surface area contributed by atoms with Crippen LogP contribution >= 0.6 is 15.9 Å². The van der Waals surface area contributed by atoms with Crippen LogP contribution < -0.4 is 10.6 Å². The molecule has 1 aliphatic heterocycles. The molecule has 0 bridgehead atoms. The fourth-order valence-corrected chi connectivity index (χ4v) is 2.56. The molecule has 1 aromatic carbocycles. The maximum absolute atomic E-state index is 13.3. The summed E-state index contributed by atoms with van der Waals surface area (Å²) in [5.41, 5.74) is 0.108. The number of halogens is 2. The third-order valence-electron chi connectivity index (χ3n) is 3.21. The summed E-state index contributed by atoms with van der Waals surface area (Å²) in [6.45, 7) is 1.66. The number of nitrogens with one attached hydrogen (secondary N) is 2. The van der Waals surface area contributed by atoms with Crippen molar-refractivity contribution in [1.82, 2.24) is 5.32 Å². The molecule has 7 heteroatoms. The van der Waals surface area contributed by atoms with Crippen LogP contribution in [0.3, 0.4) is 0 Å². The third kappa shape index (κ3) is 3.63. The minimum Gasteiger partial charge on any atom is -0.379 e. The quantitative estimate of drug-likeness (QED) is 0.642. The molecule has 1 fully saturated rings. The monoisotopic (exact) mass is 331 g/mol. The third-order valence-corrected chi connectivity index (χ3v) is 3.81. The van der Waals surface area contributed by atoms with Crippen LogP contribution in [0.25, 0.3) is 0 Å². The van der Waals surface area contributed by atoms with E-state index in [0.717, 1.165) is 25.5 Å². The average Bonchev–Trinajstić information content (AvgIpc) is 2.86. The number of benzene rings is 1. The molecule has 19 heavy (non-hydrogen) atoms. The molecule has 1 atom stereocenters. The number of hydrogen-bond donors (Lipinski definition) is 2. The second-order valence-corrected chi connectivity index (χ2v) is 5.40. The van der Waals surface area contributed by atoms with Crippen LogP contribution in [0.4, 0.5) is 15.8 Å². The number of hydrogen-bond acceptors (Lipinski definition) is 4. The summed E-state index contributed by atoms with van der Waals surface area (Å²) < 4.78 is 13.5. The van der Waals surface area contributed by atoms with Crippen LogP contribution in [0.15, 0.2) is 16.6 Å². The van der Waals surface area contributed by atoms with E-state index in [1.54, 1.807) is 0 Å². The van der Waals surface area contributed by atoms with Gasteiger partial charge in [0.25, 0.3) is 5.69 Å². The van der Waals surface area contributed by atoms with Crippen LogP contribution in [0.2, 0.25) is 0 Å². The lowest BCUT2D eigenvalue weighted by Crippen LogP contribution is -2.24. The molecule has 2 rings (SSSR count). The predicted octanol–water partition coefficient (Wildman–Crippen LogP) is 3.05. The first-order chi connectivity index (χ1) is 9.08. The minimum absolute atomic E-state index is 0.222. The molecule has 0 spiro atoms. The summed E-state index contributed by atoms with van der Waals surface area (Å²) in [6.07, 6.45) is 3.20. The molecule has 0 unspecified atom stereocenters. The van der Waals surface area contributed by atoms with E-state index < -0.39 is 10.7 Å². The number of nitrogens with zero attached hydrogens (tertiary/aromatic N) is 1. The van der Waals surface area contributed by atoms with Gasteiger partial charge in [0.1, 0.15) is 11.5 Å². The Bertz CT molecular complexity index is 478. The van der Waals surface area contributed by atoms with Crippen molar-refractivity contribution in [3.63, 3.8) is 0 Å². The molecule has 104 valence electrons. The van der Waals surface area contributed by atoms with Gasteiger partial charge < -0.3 is 10.6 Å². The second kappa shape index (κ2) is 6.29. The Labute approximate surface area is 118 Å². The SMILES string of the molecule is O=[N+]([O-])c1cc(F)c(Br)cc1NCC[C@@H]1CCCN1. The molecule has 1 aromatic rings. The highest BCUT2D eigenvalue weighted by molar-refractivity contribution is 9.10. The summed E-state index contributed by atoms with van der Waals surface area (Å²) >= 11 is 3.04. The Balaban J connectivity index is 2.01. The fraction of sp³-hybridized carbons (Fsp3) is 0.500. The normalized spacial score (nSPS) is 18.5. The number of nitro groups is 1. The summed E-state index contributed by atoms with van der Waals surface area (Å²) in [6, 6.07) is 2.81. The summed E-state index contributed by atoms with van der Waals surface area (Å²) in [7, 11) is 0. The molecule has 0 radical (unpaired) electrons. The first kappa shape index (κ1) is 14.2. The van der Waals surface area contributed by atoms with Gasteiger partial charge >= 0.3 is 0 Å². The van der Waals surface area contributed by atoms with Gasteiger partial charge in [0.15, 0.2) is 0 Å². The van der Waals surface area contributed by atoms with E-state index in [0.29, 0.717) is 18.3 Å². The minimum atomic E-state index is -0.630. The van der Waals surface area contributed by atoms with E-state index >= 15 is 0 Å². The van der Waals surface area contributed by atoms with Gasteiger partial charge in [0.05, 0.1) is 15.5 Å². The van der Waals surface area contributed by atoms with Crippen molar-refractivity contribution in [1.29, 1.82) is 0 Å². The molecule has 1 heterocycles. The highest BCUT2D eigenvalue weighted by Crippen LogP contribution is 2.30. The topological polar surface area (TPSA) is 67.2 Å². The zero-order valence-corrected chi connectivity index (χ0v) is 11.9. The van der Waals surface area contributed by atoms with Crippen LogP contribution in [-0.4, -0.2) is 24.1 Å². The Morgan fingerprint density at radius 2 is 2.37 bits per heavy atom. The lowest BCUT2D eigenvalue weighted by Gasteiger charge is -2.12. The summed E-state index contributed by atoms with van der Waals surface area (Å²) in [4.78, 5) is 10.3. The van der Waals surface area contributed by atoms with Gasteiger partial charge in [0, 0.05) is 12.6 Å². The van der Waals surface area contributed by atoms with Crippen molar-refractivity contribution in [2.24, 2.45) is 0 Å². The lowest BCUT2D eigenvalue weighted by molar-refractivity contribution is -0.384. The molecular weight excluding hydrogens is 317 g/mol. The van der Waals surface area contributed by atoms with Gasteiger partial charge in [-0.1, -0.05) is 0 Å². The van der Waals surface area contributed by atoms with Crippen molar-refractivity contribution >= 4 is 27.3 Å². The van der Waals surface area contributed by atoms with Gasteiger partial charge in [-0.3, -0.25) is 10.1 Å². The largest absolute Gasteiger partial charge is 0.379 e. The van der Waals surface area contributed by atoms with Crippen molar-refractivity contribution < 1.29 is 9.31 Å². The van der Waals surface area contributed by atoms with Crippen molar-refractivity contribution in [2.75, 3.05) is 18.4 Å². The molecule has 1 aliphatic rings. The molecular formula is C12H15BrFN3O2. The first-order valence-electron chi connectivity index (χ1n) is 6.18. The Kier molecular flexibility index (Phi) is 4.71. The van der Waals surface area contributed by atoms with Gasteiger partial charge in [-0.15, -0.1) is 0 Å². The van der Waals surface area contributed by atoms with E-state index in [4.69, 9.17) is 0 Å². The second-order valence-electron chi connectivity index (χ2n) is 4.55. The molecule has 0 saturated carbocycles. The number of nitro benzene ring substituents is 1. The van der Waals surface area contributed by atoms with E-state index in [1.165, 1.54) is 12.5 Å². The van der Waals surface area contributed by atoms with Crippen LogP contribution in [-0.2, 0) is 0 Å². The first-order valence-corrected chi connectivity index (χ1v) is 6.98. The molecule has 5 nitrogen and oxygen atoms in total. The van der Waals surface area contributed by atoms with Crippen LogP contribution in [0.5, 0.6) is 0 Å². The van der Waals surface area contributed by atoms with Gasteiger partial charge in [0.2, 0.25) is 0 Å². The highest BCUT2D eigenvalue weighted by Gasteiger charge is 2.18. The van der Waals surface area contributed by atoms with Crippen molar-refractivity contribution in [3.8, 4) is 0 Å². The average molecular weight is 332 g/mol. The smallest absolute Gasteiger partial charge is 0.295 e. The van der Waals surface area contributed by atoms with E-state index in [1.807, 2.05) is 0 Å². The van der Waals surface area contributed by atoms with Crippen LogP contribution in [0, 0.1) is 15.9 Å². The zero-order valence-electron chi connectivity index (χ0n) is 10.3. The molecule has 0 aromatic heterocycles. The molecule has 0 aliphatic carbocycles. The van der Waals surface area contributed by atoms with E-state index in [-0.39, 0.29) is 10.2 Å². The standard InChI is InChI=1S/C12H15BrFN3O2/c13-9-6-11(12(17(18)19)7-10(9)14)16-5-3-8-2-1-4-15-8/h6-8,15-16H,1-5H2/t8-/m0/s1. The molecule has 0 amide bonds. The Morgan fingerprint density at radius 3 is 3.00 bits per heavy atom. The van der Waals surface area contributed by atoms with Gasteiger partial charge in [-0.25, -0.2) is 4.39 Å². The van der Waals surface area contributed by atoms with Crippen molar-refractivity contribution in [3.05, 3.63) is 32.5 Å². The van der Waals surface area contributed by atoms with Crippen molar-refractivity contribution in [2.45, 2.75) is 25.3 Å². The number of anilines is 1. The molecule has 2 N–H and O–H groups in total. The zero-order chi connectivity index (χ0) is 13.8.